The molecule has 0 fully saturated rings. The van der Waals surface area contributed by atoms with E-state index >= 15 is 0 Å². The zero-order valence-electron chi connectivity index (χ0n) is 9.14. The molecule has 0 saturated heterocycles. The van der Waals surface area contributed by atoms with Gasteiger partial charge >= 0.3 is 5.69 Å². The van der Waals surface area contributed by atoms with Crippen molar-refractivity contribution in [1.29, 1.82) is 5.26 Å². The molecule has 9 heteroatoms. The van der Waals surface area contributed by atoms with Crippen LogP contribution in [0.2, 0.25) is 0 Å². The highest BCUT2D eigenvalue weighted by molar-refractivity contribution is 5.92. The van der Waals surface area contributed by atoms with Crippen molar-refractivity contribution in [1.82, 2.24) is 9.55 Å². The Balaban J connectivity index is 0.00000256. The molecule has 17 heavy (non-hydrogen) atoms. The first-order chi connectivity index (χ1) is 7.51. The fourth-order valence-corrected chi connectivity index (χ4v) is 1.05. The van der Waals surface area contributed by atoms with Crippen molar-refractivity contribution in [2.75, 3.05) is 12.4 Å². The minimum atomic E-state index is -0.767. The van der Waals surface area contributed by atoms with E-state index in [1.54, 1.807) is 6.07 Å². The predicted molar refractivity (Wildman–Crippen MR) is 65.4 cm³/mol. The third-order valence-electron chi connectivity index (χ3n) is 1.92. The molecule has 0 bridgehead atoms. The largest absolute Gasteiger partial charge is 0.370 e. The Bertz CT molecular complexity index is 594. The first-order valence-electron chi connectivity index (χ1n) is 4.24. The topological polar surface area (TPSA) is 129 Å². The van der Waals surface area contributed by atoms with Crippen LogP contribution < -0.4 is 22.3 Å². The number of nitrogens with zero attached hydrogens (tertiary/aromatic N) is 3. The summed E-state index contributed by atoms with van der Waals surface area (Å²) in [4.78, 5) is 28.2. The molecule has 8 nitrogen and oxygen atoms in total. The number of nitrogens with two attached hydrogens (primary N) is 1. The molecule has 92 valence electrons. The lowest BCUT2D eigenvalue weighted by molar-refractivity contribution is 0.806. The van der Waals surface area contributed by atoms with E-state index in [1.807, 2.05) is 4.98 Å². The molecule has 1 heterocycles. The van der Waals surface area contributed by atoms with Gasteiger partial charge in [-0.15, -0.1) is 12.4 Å². The highest BCUT2D eigenvalue weighted by Gasteiger charge is 2.12. The summed E-state index contributed by atoms with van der Waals surface area (Å²) >= 11 is 0. The van der Waals surface area contributed by atoms with E-state index in [-0.39, 0.29) is 29.7 Å². The van der Waals surface area contributed by atoms with Gasteiger partial charge in [0.2, 0.25) is 0 Å². The second kappa shape index (κ2) is 5.72. The summed E-state index contributed by atoms with van der Waals surface area (Å²) in [5.41, 5.74) is 3.76. The molecule has 1 rings (SSSR count). The van der Waals surface area contributed by atoms with E-state index < -0.39 is 11.2 Å². The fourth-order valence-electron chi connectivity index (χ4n) is 1.05. The van der Waals surface area contributed by atoms with Crippen LogP contribution in [0.5, 0.6) is 0 Å². The molecule has 0 spiro atoms. The van der Waals surface area contributed by atoms with Gasteiger partial charge in [-0.25, -0.2) is 4.79 Å². The van der Waals surface area contributed by atoms with Gasteiger partial charge in [-0.2, -0.15) is 5.26 Å². The van der Waals surface area contributed by atoms with Gasteiger partial charge in [0.25, 0.3) is 5.56 Å². The number of halogens is 1. The van der Waals surface area contributed by atoms with Crippen molar-refractivity contribution in [3.05, 3.63) is 26.4 Å². The molecular formula is C8H11ClN6O2. The van der Waals surface area contributed by atoms with Crippen molar-refractivity contribution in [3.63, 3.8) is 0 Å². The van der Waals surface area contributed by atoms with Gasteiger partial charge in [-0.3, -0.25) is 19.3 Å². The number of nitrogens with one attached hydrogen (secondary N) is 2. The SMILES string of the molecule is CN=C(N)Nc1c(C#N)c(=O)[nH]c(=O)n1C.Cl. The molecule has 0 aliphatic carbocycles. The number of hydrogen-bond acceptors (Lipinski definition) is 4. The number of nitriles is 1. The van der Waals surface area contributed by atoms with E-state index in [0.717, 1.165) is 4.57 Å². The summed E-state index contributed by atoms with van der Waals surface area (Å²) in [6.07, 6.45) is 0. The Morgan fingerprint density at radius 3 is 2.65 bits per heavy atom. The molecule has 0 saturated carbocycles. The Morgan fingerprint density at radius 1 is 1.59 bits per heavy atom. The van der Waals surface area contributed by atoms with Crippen molar-refractivity contribution >= 4 is 24.2 Å². The first-order valence-corrected chi connectivity index (χ1v) is 4.24. The highest BCUT2D eigenvalue weighted by atomic mass is 35.5. The molecule has 0 amide bonds. The number of hydrogen-bond donors (Lipinski definition) is 3. The third kappa shape index (κ3) is 2.85. The third-order valence-corrected chi connectivity index (χ3v) is 1.92. The van der Waals surface area contributed by atoms with Crippen LogP contribution in [0.1, 0.15) is 5.56 Å². The van der Waals surface area contributed by atoms with E-state index in [1.165, 1.54) is 14.1 Å². The molecule has 0 aliphatic heterocycles. The number of rotatable bonds is 1. The van der Waals surface area contributed by atoms with E-state index in [2.05, 4.69) is 10.3 Å². The van der Waals surface area contributed by atoms with Crippen molar-refractivity contribution in [3.8, 4) is 6.07 Å². The van der Waals surface area contributed by atoms with Crippen LogP contribution in [-0.2, 0) is 7.05 Å². The predicted octanol–water partition coefficient (Wildman–Crippen LogP) is -1.28. The number of aliphatic imine (C=N–C) groups is 1. The number of guanidine groups is 1. The molecular weight excluding hydrogens is 248 g/mol. The van der Waals surface area contributed by atoms with Crippen molar-refractivity contribution in [2.45, 2.75) is 0 Å². The molecule has 0 aliphatic rings. The van der Waals surface area contributed by atoms with Gasteiger partial charge in [0.05, 0.1) is 0 Å². The van der Waals surface area contributed by atoms with Crippen LogP contribution in [-0.4, -0.2) is 22.6 Å². The van der Waals surface area contributed by atoms with E-state index in [0.29, 0.717) is 0 Å². The van der Waals surface area contributed by atoms with Crippen LogP contribution in [0.25, 0.3) is 0 Å². The quantitative estimate of drug-likeness (QED) is 0.427. The molecule has 0 aromatic carbocycles. The molecule has 1 aromatic heterocycles. The summed E-state index contributed by atoms with van der Waals surface area (Å²) in [5.74, 6) is 0.0106. The maximum Gasteiger partial charge on any atom is 0.329 e. The monoisotopic (exact) mass is 258 g/mol. The van der Waals surface area contributed by atoms with Crippen LogP contribution in [0.4, 0.5) is 5.82 Å². The first kappa shape index (κ1) is 14.7. The molecule has 0 radical (unpaired) electrons. The number of H-pyrrole nitrogens is 1. The summed E-state index contributed by atoms with van der Waals surface area (Å²) in [5, 5.41) is 11.3. The number of aromatic nitrogens is 2. The van der Waals surface area contributed by atoms with E-state index in [4.69, 9.17) is 11.0 Å². The molecule has 0 atom stereocenters. The van der Waals surface area contributed by atoms with Crippen LogP contribution in [0.3, 0.4) is 0 Å². The van der Waals surface area contributed by atoms with Gasteiger partial charge in [-0.05, 0) is 0 Å². The smallest absolute Gasteiger partial charge is 0.329 e. The lowest BCUT2D eigenvalue weighted by Gasteiger charge is -2.10. The Hall–Kier alpha value is -2.27. The van der Waals surface area contributed by atoms with Gasteiger partial charge < -0.3 is 11.1 Å². The fraction of sp³-hybridized carbons (Fsp3) is 0.250. The number of aromatic amines is 1. The van der Waals surface area contributed by atoms with Crippen molar-refractivity contribution < 1.29 is 0 Å². The van der Waals surface area contributed by atoms with Gasteiger partial charge in [0.15, 0.2) is 11.5 Å². The lowest BCUT2D eigenvalue weighted by Crippen LogP contribution is -2.35. The average molecular weight is 259 g/mol. The lowest BCUT2D eigenvalue weighted by atomic mass is 10.3. The van der Waals surface area contributed by atoms with Gasteiger partial charge in [-0.1, -0.05) is 0 Å². The summed E-state index contributed by atoms with van der Waals surface area (Å²) < 4.78 is 1.07. The molecule has 0 unspecified atom stereocenters. The Labute approximate surface area is 102 Å². The Kier molecular flexibility index (Phi) is 4.95. The van der Waals surface area contributed by atoms with Crippen LogP contribution in [0.15, 0.2) is 14.6 Å². The van der Waals surface area contributed by atoms with Crippen LogP contribution in [0, 0.1) is 11.3 Å². The normalized spacial score (nSPS) is 10.3. The van der Waals surface area contributed by atoms with Crippen LogP contribution >= 0.6 is 12.4 Å². The number of anilines is 1. The van der Waals surface area contributed by atoms with Gasteiger partial charge in [0.1, 0.15) is 11.9 Å². The second-order valence-electron chi connectivity index (χ2n) is 2.89. The zero-order valence-corrected chi connectivity index (χ0v) is 9.96. The summed E-state index contributed by atoms with van der Waals surface area (Å²) in [7, 11) is 2.82. The maximum atomic E-state index is 11.3. The maximum absolute atomic E-state index is 11.3. The molecule has 4 N–H and O–H groups in total. The Morgan fingerprint density at radius 2 is 2.18 bits per heavy atom. The minimum Gasteiger partial charge on any atom is -0.370 e. The van der Waals surface area contributed by atoms with E-state index in [9.17, 15) is 9.59 Å². The van der Waals surface area contributed by atoms with Gasteiger partial charge in [0, 0.05) is 14.1 Å². The summed E-state index contributed by atoms with van der Waals surface area (Å²) in [6, 6.07) is 1.68. The minimum absolute atomic E-state index is 0. The summed E-state index contributed by atoms with van der Waals surface area (Å²) in [6.45, 7) is 0. The standard InChI is InChI=1S/C8H10N6O2.ClH/c1-11-7(10)12-5-4(3-9)6(15)13-8(16)14(5)2;/h1-2H3,(H3,10,11,12)(H,13,15,16);1H. The average Bonchev–Trinajstić information content (AvgIpc) is 2.25. The second-order valence-corrected chi connectivity index (χ2v) is 2.89. The zero-order chi connectivity index (χ0) is 12.3. The molecule has 1 aromatic rings. The highest BCUT2D eigenvalue weighted by Crippen LogP contribution is 2.04. The van der Waals surface area contributed by atoms with Crippen molar-refractivity contribution in [2.24, 2.45) is 17.8 Å².